The molecule has 1 aromatic carbocycles. The van der Waals surface area contributed by atoms with Crippen molar-refractivity contribution in [1.82, 2.24) is 0 Å². The molecule has 0 fully saturated rings. The summed E-state index contributed by atoms with van der Waals surface area (Å²) in [4.78, 5) is 13.6. The lowest BCUT2D eigenvalue weighted by molar-refractivity contribution is -0.114. The number of aryl methyl sites for hydroxylation is 1. The average Bonchev–Trinajstić information content (AvgIpc) is 2.36. The quantitative estimate of drug-likeness (QED) is 0.261. The first-order valence-electron chi connectivity index (χ1n) is 5.97. The molecule has 1 rings (SSSR count). The van der Waals surface area contributed by atoms with Crippen molar-refractivity contribution >= 4 is 20.7 Å². The number of sulfone groups is 1. The lowest BCUT2D eigenvalue weighted by atomic mass is 10.1. The van der Waals surface area contributed by atoms with Crippen molar-refractivity contribution in [2.75, 3.05) is 5.75 Å². The van der Waals surface area contributed by atoms with E-state index in [9.17, 15) is 13.2 Å². The molecule has 0 radical (unpaired) electrons. The van der Waals surface area contributed by atoms with Crippen LogP contribution in [0.15, 0.2) is 30.3 Å². The van der Waals surface area contributed by atoms with E-state index in [4.69, 9.17) is 5.53 Å². The summed E-state index contributed by atoms with van der Waals surface area (Å²) < 4.78 is 23.4. The molecule has 102 valence electrons. The molecule has 1 aromatic rings. The molecule has 0 atom stereocenters. The van der Waals surface area contributed by atoms with Crippen molar-refractivity contribution in [2.45, 2.75) is 26.2 Å². The number of ketones is 1. The van der Waals surface area contributed by atoms with Gasteiger partial charge in [0.25, 0.3) is 15.6 Å². The first kappa shape index (κ1) is 15.3. The molecule has 0 amide bonds. The fraction of sp³-hybridized carbons (Fsp3) is 0.385. The van der Waals surface area contributed by atoms with Crippen LogP contribution in [-0.2, 0) is 21.1 Å². The van der Waals surface area contributed by atoms with Gasteiger partial charge in [-0.15, -0.1) is 4.79 Å². The molecule has 0 bridgehead atoms. The van der Waals surface area contributed by atoms with Crippen molar-refractivity contribution in [3.8, 4) is 0 Å². The molecule has 6 heteroatoms. The third kappa shape index (κ3) is 4.77. The molecular weight excluding hydrogens is 264 g/mol. The van der Waals surface area contributed by atoms with E-state index in [0.29, 0.717) is 12.8 Å². The molecule has 0 aliphatic carbocycles. The highest BCUT2D eigenvalue weighted by molar-refractivity contribution is 8.08. The Labute approximate surface area is 112 Å². The Morgan fingerprint density at radius 1 is 1.21 bits per heavy atom. The highest BCUT2D eigenvalue weighted by atomic mass is 32.2. The molecule has 0 saturated heterocycles. The predicted molar refractivity (Wildman–Crippen MR) is 72.5 cm³/mol. The molecule has 0 aliphatic rings. The Bertz CT molecular complexity index is 588. The summed E-state index contributed by atoms with van der Waals surface area (Å²) in [5.41, 5.74) is 9.70. The van der Waals surface area contributed by atoms with Crippen LogP contribution in [0.2, 0.25) is 0 Å². The molecule has 0 aromatic heterocycles. The van der Waals surface area contributed by atoms with Gasteiger partial charge in [-0.2, -0.15) is 0 Å². The number of carbonyl (C=O) groups excluding carboxylic acids is 1. The summed E-state index contributed by atoms with van der Waals surface area (Å²) in [5, 5.41) is -0.757. The number of rotatable bonds is 6. The van der Waals surface area contributed by atoms with Gasteiger partial charge >= 0.3 is 5.04 Å². The number of hydrogen-bond acceptors (Lipinski definition) is 3. The van der Waals surface area contributed by atoms with Crippen molar-refractivity contribution < 1.29 is 18.0 Å². The highest BCUT2D eigenvalue weighted by Crippen LogP contribution is 2.06. The number of hydrogen-bond donors (Lipinski definition) is 0. The van der Waals surface area contributed by atoms with Gasteiger partial charge in [-0.3, -0.25) is 4.79 Å². The molecule has 0 unspecified atom stereocenters. The van der Waals surface area contributed by atoms with E-state index in [-0.39, 0.29) is 5.75 Å². The minimum Gasteiger partial charge on any atom is -0.360 e. The smallest absolute Gasteiger partial charge is 0.360 e. The second-order valence-electron chi connectivity index (χ2n) is 4.22. The predicted octanol–water partition coefficient (Wildman–Crippen LogP) is 1.64. The van der Waals surface area contributed by atoms with Crippen LogP contribution < -0.4 is 0 Å². The molecule has 5 nitrogen and oxygen atoms in total. The number of unbranched alkanes of at least 4 members (excludes halogenated alkanes) is 1. The third-order valence-corrected chi connectivity index (χ3v) is 4.44. The SMILES string of the molecule is CC(=O)C(=[N+]=[N-])S(=O)(=O)CCCCc1ccccc1. The standard InChI is InChI=1S/C13H16N2O3S/c1-11(16)13(15-14)19(17,18)10-6-5-9-12-7-3-2-4-8-12/h2-4,7-8H,5-6,9-10H2,1H3. The zero-order valence-corrected chi connectivity index (χ0v) is 11.6. The van der Waals surface area contributed by atoms with Crippen molar-refractivity contribution in [3.63, 3.8) is 0 Å². The summed E-state index contributed by atoms with van der Waals surface area (Å²) in [6, 6.07) is 9.73. The molecule has 0 aliphatic heterocycles. The maximum Gasteiger partial charge on any atom is 0.447 e. The summed E-state index contributed by atoms with van der Waals surface area (Å²) in [6.45, 7) is 1.07. The second kappa shape index (κ2) is 6.97. The molecule has 0 saturated carbocycles. The van der Waals surface area contributed by atoms with Crippen LogP contribution in [0.4, 0.5) is 0 Å². The number of nitrogens with zero attached hydrogens (tertiary/aromatic N) is 2. The van der Waals surface area contributed by atoms with Gasteiger partial charge in [0.2, 0.25) is 0 Å². The lowest BCUT2D eigenvalue weighted by Crippen LogP contribution is -2.26. The Hall–Kier alpha value is -1.78. The van der Waals surface area contributed by atoms with Crippen LogP contribution in [0.3, 0.4) is 0 Å². The monoisotopic (exact) mass is 280 g/mol. The summed E-state index contributed by atoms with van der Waals surface area (Å²) in [6.07, 6.45) is 1.89. The Kier molecular flexibility index (Phi) is 5.60. The minimum atomic E-state index is -3.78. The lowest BCUT2D eigenvalue weighted by Gasteiger charge is -2.01. The minimum absolute atomic E-state index is 0.182. The van der Waals surface area contributed by atoms with E-state index in [1.807, 2.05) is 30.3 Å². The Morgan fingerprint density at radius 3 is 2.37 bits per heavy atom. The summed E-state index contributed by atoms with van der Waals surface area (Å²) in [7, 11) is -3.78. The van der Waals surface area contributed by atoms with Crippen LogP contribution in [0.25, 0.3) is 5.53 Å². The largest absolute Gasteiger partial charge is 0.447 e. The van der Waals surface area contributed by atoms with Crippen LogP contribution in [-0.4, -0.2) is 29.8 Å². The van der Waals surface area contributed by atoms with E-state index in [0.717, 1.165) is 18.9 Å². The van der Waals surface area contributed by atoms with Gasteiger partial charge in [0.15, 0.2) is 0 Å². The summed E-state index contributed by atoms with van der Waals surface area (Å²) in [5.74, 6) is -0.927. The third-order valence-electron chi connectivity index (χ3n) is 2.66. The number of carbonyl (C=O) groups is 1. The Morgan fingerprint density at radius 2 is 1.84 bits per heavy atom. The molecule has 0 spiro atoms. The first-order chi connectivity index (χ1) is 8.97. The zero-order valence-electron chi connectivity index (χ0n) is 10.7. The van der Waals surface area contributed by atoms with E-state index in [1.165, 1.54) is 0 Å². The van der Waals surface area contributed by atoms with Gasteiger partial charge in [0.1, 0.15) is 0 Å². The van der Waals surface area contributed by atoms with E-state index in [2.05, 4.69) is 4.79 Å². The first-order valence-corrected chi connectivity index (χ1v) is 7.62. The maximum absolute atomic E-state index is 11.7. The fourth-order valence-electron chi connectivity index (χ4n) is 1.71. The zero-order chi connectivity index (χ0) is 14.3. The number of benzene rings is 1. The van der Waals surface area contributed by atoms with Crippen LogP contribution in [0.1, 0.15) is 25.3 Å². The van der Waals surface area contributed by atoms with Crippen LogP contribution in [0.5, 0.6) is 0 Å². The molecule has 0 heterocycles. The molecule has 0 N–H and O–H groups in total. The van der Waals surface area contributed by atoms with E-state index < -0.39 is 20.7 Å². The van der Waals surface area contributed by atoms with Gasteiger partial charge in [0, 0.05) is 6.92 Å². The Balaban J connectivity index is 2.49. The van der Waals surface area contributed by atoms with E-state index >= 15 is 0 Å². The second-order valence-corrected chi connectivity index (χ2v) is 6.25. The fourth-order valence-corrected chi connectivity index (χ4v) is 3.05. The van der Waals surface area contributed by atoms with Crippen molar-refractivity contribution in [3.05, 3.63) is 41.4 Å². The van der Waals surface area contributed by atoms with E-state index in [1.54, 1.807) is 0 Å². The van der Waals surface area contributed by atoms with Crippen molar-refractivity contribution in [1.29, 1.82) is 0 Å². The van der Waals surface area contributed by atoms with Crippen molar-refractivity contribution in [2.24, 2.45) is 0 Å². The normalized spacial score (nSPS) is 10.8. The topological polar surface area (TPSA) is 87.6 Å². The number of Topliss-reactive ketones (excluding diaryl/α,β-unsaturated/α-hetero) is 1. The van der Waals surface area contributed by atoms with Gasteiger partial charge in [-0.05, 0) is 24.8 Å². The van der Waals surface area contributed by atoms with Gasteiger partial charge in [-0.1, -0.05) is 30.3 Å². The average molecular weight is 280 g/mol. The summed E-state index contributed by atoms with van der Waals surface area (Å²) >= 11 is 0. The maximum atomic E-state index is 11.7. The highest BCUT2D eigenvalue weighted by Gasteiger charge is 2.31. The molecular formula is C13H16N2O3S. The van der Waals surface area contributed by atoms with Crippen LogP contribution >= 0.6 is 0 Å². The van der Waals surface area contributed by atoms with Gasteiger partial charge in [-0.25, -0.2) is 8.42 Å². The van der Waals surface area contributed by atoms with Crippen LogP contribution in [0, 0.1) is 0 Å². The van der Waals surface area contributed by atoms with Gasteiger partial charge in [0.05, 0.1) is 5.75 Å². The molecule has 19 heavy (non-hydrogen) atoms. The van der Waals surface area contributed by atoms with Gasteiger partial charge < -0.3 is 5.53 Å².